The topological polar surface area (TPSA) is 81.4 Å². The minimum absolute atomic E-state index is 0.00880. The molecular formula is C12H14N2O3S. The van der Waals surface area contributed by atoms with E-state index in [0.717, 1.165) is 4.31 Å². The van der Waals surface area contributed by atoms with Crippen LogP contribution in [0.2, 0.25) is 0 Å². The van der Waals surface area contributed by atoms with Crippen LogP contribution in [-0.4, -0.2) is 37.5 Å². The lowest BCUT2D eigenvalue weighted by atomic mass is 10.2. The van der Waals surface area contributed by atoms with Crippen LogP contribution in [0.3, 0.4) is 0 Å². The average molecular weight is 266 g/mol. The van der Waals surface area contributed by atoms with E-state index in [4.69, 9.17) is 10.4 Å². The normalized spacial score (nSPS) is 11.2. The molecule has 96 valence electrons. The van der Waals surface area contributed by atoms with Gasteiger partial charge in [-0.15, -0.1) is 6.58 Å². The Hall–Kier alpha value is -1.68. The Morgan fingerprint density at radius 1 is 1.50 bits per heavy atom. The molecule has 0 heterocycles. The van der Waals surface area contributed by atoms with Gasteiger partial charge in [-0.2, -0.15) is 9.57 Å². The van der Waals surface area contributed by atoms with Gasteiger partial charge in [0.05, 0.1) is 23.1 Å². The Labute approximate surface area is 107 Å². The minimum Gasteiger partial charge on any atom is -0.395 e. The zero-order valence-corrected chi connectivity index (χ0v) is 10.6. The van der Waals surface area contributed by atoms with E-state index in [1.165, 1.54) is 30.3 Å². The van der Waals surface area contributed by atoms with Crippen LogP contribution < -0.4 is 0 Å². The summed E-state index contributed by atoms with van der Waals surface area (Å²) in [4.78, 5) is 0.0388. The summed E-state index contributed by atoms with van der Waals surface area (Å²) in [6.45, 7) is 3.31. The molecule has 1 N–H and O–H groups in total. The molecule has 0 saturated heterocycles. The second kappa shape index (κ2) is 6.31. The van der Waals surface area contributed by atoms with Crippen molar-refractivity contribution >= 4 is 10.0 Å². The highest BCUT2D eigenvalue weighted by Gasteiger charge is 2.23. The van der Waals surface area contributed by atoms with E-state index < -0.39 is 10.0 Å². The van der Waals surface area contributed by atoms with Crippen LogP contribution in [0.25, 0.3) is 0 Å². The summed E-state index contributed by atoms with van der Waals surface area (Å²) in [5.41, 5.74) is 0.277. The molecular weight excluding hydrogens is 252 g/mol. The molecule has 0 unspecified atom stereocenters. The smallest absolute Gasteiger partial charge is 0.243 e. The molecule has 0 radical (unpaired) electrons. The first-order valence-electron chi connectivity index (χ1n) is 5.28. The molecule has 0 atom stereocenters. The van der Waals surface area contributed by atoms with Gasteiger partial charge in [0.1, 0.15) is 0 Å². The Morgan fingerprint density at radius 2 is 2.22 bits per heavy atom. The number of nitriles is 1. The molecule has 5 nitrogen and oxygen atoms in total. The van der Waals surface area contributed by atoms with E-state index in [-0.39, 0.29) is 30.2 Å². The summed E-state index contributed by atoms with van der Waals surface area (Å²) in [5.74, 6) is 0. The van der Waals surface area contributed by atoms with E-state index in [0.29, 0.717) is 0 Å². The van der Waals surface area contributed by atoms with Crippen molar-refractivity contribution in [3.05, 3.63) is 42.5 Å². The average Bonchev–Trinajstić information content (AvgIpc) is 2.38. The van der Waals surface area contributed by atoms with E-state index in [2.05, 4.69) is 6.58 Å². The third-order valence-corrected chi connectivity index (χ3v) is 4.14. The van der Waals surface area contributed by atoms with Crippen LogP contribution in [0.5, 0.6) is 0 Å². The van der Waals surface area contributed by atoms with Gasteiger partial charge in [0.15, 0.2) is 0 Å². The van der Waals surface area contributed by atoms with Gasteiger partial charge >= 0.3 is 0 Å². The lowest BCUT2D eigenvalue weighted by Crippen LogP contribution is -2.33. The molecule has 0 aliphatic rings. The van der Waals surface area contributed by atoms with Gasteiger partial charge < -0.3 is 5.11 Å². The summed E-state index contributed by atoms with van der Waals surface area (Å²) in [7, 11) is -3.71. The number of hydrogen-bond acceptors (Lipinski definition) is 4. The van der Waals surface area contributed by atoms with Crippen molar-refractivity contribution in [1.82, 2.24) is 4.31 Å². The molecule has 1 rings (SSSR count). The fourth-order valence-electron chi connectivity index (χ4n) is 1.44. The zero-order valence-electron chi connectivity index (χ0n) is 9.78. The Morgan fingerprint density at radius 3 is 2.78 bits per heavy atom. The standard InChI is InChI=1S/C12H14N2O3S/c1-2-6-14(7-8-15)18(16,17)12-5-3-4-11(9-12)10-13/h2-5,9,15H,1,6-8H2. The molecule has 18 heavy (non-hydrogen) atoms. The molecule has 0 aliphatic carbocycles. The molecule has 1 aromatic carbocycles. The first-order chi connectivity index (χ1) is 8.56. The van der Waals surface area contributed by atoms with Gasteiger partial charge in [-0.05, 0) is 18.2 Å². The van der Waals surface area contributed by atoms with Crippen molar-refractivity contribution in [3.63, 3.8) is 0 Å². The SMILES string of the molecule is C=CCN(CCO)S(=O)(=O)c1cccc(C#N)c1. The monoisotopic (exact) mass is 266 g/mol. The van der Waals surface area contributed by atoms with E-state index in [1.807, 2.05) is 6.07 Å². The number of benzene rings is 1. The van der Waals surface area contributed by atoms with Gasteiger partial charge in [-0.3, -0.25) is 0 Å². The van der Waals surface area contributed by atoms with Crippen LogP contribution in [0.15, 0.2) is 41.8 Å². The molecule has 1 aromatic rings. The second-order valence-electron chi connectivity index (χ2n) is 3.51. The number of aliphatic hydroxyl groups excluding tert-OH is 1. The van der Waals surface area contributed by atoms with E-state index >= 15 is 0 Å². The number of aliphatic hydroxyl groups is 1. The Balaban J connectivity index is 3.17. The van der Waals surface area contributed by atoms with Crippen LogP contribution >= 0.6 is 0 Å². The third kappa shape index (κ3) is 3.17. The molecule has 0 aromatic heterocycles. The number of hydrogen-bond donors (Lipinski definition) is 1. The summed E-state index contributed by atoms with van der Waals surface area (Å²) >= 11 is 0. The van der Waals surface area contributed by atoms with Crippen LogP contribution in [0.4, 0.5) is 0 Å². The highest BCUT2D eigenvalue weighted by Crippen LogP contribution is 2.16. The number of rotatable bonds is 6. The molecule has 0 saturated carbocycles. The van der Waals surface area contributed by atoms with Gasteiger partial charge in [-0.25, -0.2) is 8.42 Å². The predicted molar refractivity (Wildman–Crippen MR) is 67.2 cm³/mol. The minimum atomic E-state index is -3.71. The summed E-state index contributed by atoms with van der Waals surface area (Å²) in [6.07, 6.45) is 1.45. The number of nitrogens with zero attached hydrogens (tertiary/aromatic N) is 2. The number of sulfonamides is 1. The fourth-order valence-corrected chi connectivity index (χ4v) is 2.89. The molecule has 0 aliphatic heterocycles. The molecule has 6 heteroatoms. The van der Waals surface area contributed by atoms with Crippen molar-refractivity contribution < 1.29 is 13.5 Å². The summed E-state index contributed by atoms with van der Waals surface area (Å²) < 4.78 is 25.6. The van der Waals surface area contributed by atoms with Crippen LogP contribution in [0, 0.1) is 11.3 Å². The fraction of sp³-hybridized carbons (Fsp3) is 0.250. The first-order valence-corrected chi connectivity index (χ1v) is 6.72. The van der Waals surface area contributed by atoms with Crippen molar-refractivity contribution in [2.75, 3.05) is 19.7 Å². The first kappa shape index (κ1) is 14.4. The quantitative estimate of drug-likeness (QED) is 0.769. The summed E-state index contributed by atoms with van der Waals surface area (Å²) in [6, 6.07) is 7.66. The van der Waals surface area contributed by atoms with Crippen molar-refractivity contribution in [3.8, 4) is 6.07 Å². The highest BCUT2D eigenvalue weighted by atomic mass is 32.2. The van der Waals surface area contributed by atoms with Gasteiger partial charge in [0, 0.05) is 13.1 Å². The van der Waals surface area contributed by atoms with Crippen LogP contribution in [-0.2, 0) is 10.0 Å². The van der Waals surface area contributed by atoms with E-state index in [1.54, 1.807) is 0 Å². The lowest BCUT2D eigenvalue weighted by molar-refractivity contribution is 0.260. The second-order valence-corrected chi connectivity index (χ2v) is 5.45. The highest BCUT2D eigenvalue weighted by molar-refractivity contribution is 7.89. The predicted octanol–water partition coefficient (Wildman–Crippen LogP) is 0.727. The maximum Gasteiger partial charge on any atom is 0.243 e. The largest absolute Gasteiger partial charge is 0.395 e. The Bertz CT molecular complexity index is 561. The van der Waals surface area contributed by atoms with Crippen molar-refractivity contribution in [2.45, 2.75) is 4.90 Å². The Kier molecular flexibility index (Phi) is 5.04. The molecule has 0 bridgehead atoms. The summed E-state index contributed by atoms with van der Waals surface area (Å²) in [5, 5.41) is 17.6. The molecule has 0 spiro atoms. The van der Waals surface area contributed by atoms with Gasteiger partial charge in [0.25, 0.3) is 0 Å². The van der Waals surface area contributed by atoms with E-state index in [9.17, 15) is 8.42 Å². The zero-order chi connectivity index (χ0) is 13.6. The van der Waals surface area contributed by atoms with Gasteiger partial charge in [-0.1, -0.05) is 12.1 Å². The lowest BCUT2D eigenvalue weighted by Gasteiger charge is -2.19. The third-order valence-electron chi connectivity index (χ3n) is 2.28. The van der Waals surface area contributed by atoms with Crippen LogP contribution in [0.1, 0.15) is 5.56 Å². The van der Waals surface area contributed by atoms with Crippen molar-refractivity contribution in [1.29, 1.82) is 5.26 Å². The molecule has 0 fully saturated rings. The maximum atomic E-state index is 12.2. The maximum absolute atomic E-state index is 12.2. The molecule has 0 amide bonds. The van der Waals surface area contributed by atoms with Crippen molar-refractivity contribution in [2.24, 2.45) is 0 Å². The van der Waals surface area contributed by atoms with Gasteiger partial charge in [0.2, 0.25) is 10.0 Å².